The summed E-state index contributed by atoms with van der Waals surface area (Å²) in [5, 5.41) is 0.499. The monoisotopic (exact) mass is 300 g/mol. The first-order valence-corrected chi connectivity index (χ1v) is 6.64. The van der Waals surface area contributed by atoms with Crippen molar-refractivity contribution in [2.45, 2.75) is 6.42 Å². The van der Waals surface area contributed by atoms with Crippen molar-refractivity contribution < 1.29 is 9.53 Å². The van der Waals surface area contributed by atoms with Gasteiger partial charge in [0.25, 0.3) is 5.91 Å². The Bertz CT molecular complexity index is 517. The summed E-state index contributed by atoms with van der Waals surface area (Å²) in [5.74, 6) is -0.0845. The van der Waals surface area contributed by atoms with E-state index in [-0.39, 0.29) is 11.1 Å². The minimum Gasteiger partial charge on any atom is -0.380 e. The van der Waals surface area contributed by atoms with Gasteiger partial charge < -0.3 is 9.64 Å². The van der Waals surface area contributed by atoms with Crippen LogP contribution in [0.5, 0.6) is 0 Å². The molecule has 0 spiro atoms. The highest BCUT2D eigenvalue weighted by atomic mass is 35.5. The van der Waals surface area contributed by atoms with E-state index >= 15 is 0 Å². The molecule has 0 aromatic carbocycles. The molecule has 102 valence electrons. The summed E-state index contributed by atoms with van der Waals surface area (Å²) in [6.45, 7) is 1.88. The van der Waals surface area contributed by atoms with Gasteiger partial charge in [-0.25, -0.2) is 4.98 Å². The minimum absolute atomic E-state index is 0.0845. The predicted octanol–water partition coefficient (Wildman–Crippen LogP) is 2.81. The Hall–Kier alpha value is -1.10. The van der Waals surface area contributed by atoms with Gasteiger partial charge in [-0.1, -0.05) is 29.3 Å². The van der Waals surface area contributed by atoms with Crippen molar-refractivity contribution >= 4 is 29.1 Å². The van der Waals surface area contributed by atoms with Gasteiger partial charge in [-0.2, -0.15) is 0 Å². The smallest absolute Gasteiger partial charge is 0.255 e. The van der Waals surface area contributed by atoms with Crippen LogP contribution in [0.4, 0.5) is 0 Å². The number of pyridine rings is 1. The van der Waals surface area contributed by atoms with Gasteiger partial charge in [-0.05, 0) is 18.1 Å². The number of hydrogen-bond donors (Lipinski definition) is 0. The Morgan fingerprint density at radius 2 is 2.32 bits per heavy atom. The maximum Gasteiger partial charge on any atom is 0.255 e. The lowest BCUT2D eigenvalue weighted by Crippen LogP contribution is -2.35. The van der Waals surface area contributed by atoms with E-state index in [0.717, 1.165) is 6.42 Å². The SMILES string of the molecule is COCC1=CCN(C(=O)c2cnc(Cl)c(Cl)c2)CC1. The number of hydrogen-bond acceptors (Lipinski definition) is 3. The van der Waals surface area contributed by atoms with E-state index in [1.807, 2.05) is 6.08 Å². The highest BCUT2D eigenvalue weighted by Crippen LogP contribution is 2.21. The molecular weight excluding hydrogens is 287 g/mol. The molecular formula is C13H14Cl2N2O2. The number of rotatable bonds is 3. The minimum atomic E-state index is -0.0845. The summed E-state index contributed by atoms with van der Waals surface area (Å²) in [5.41, 5.74) is 1.68. The standard InChI is InChI=1S/C13H14Cl2N2O2/c1-19-8-9-2-4-17(5-3-9)13(18)10-6-11(14)12(15)16-7-10/h2,6-7H,3-5,8H2,1H3. The third-order valence-electron chi connectivity index (χ3n) is 2.96. The Kier molecular flexibility index (Phi) is 4.80. The van der Waals surface area contributed by atoms with E-state index < -0.39 is 0 Å². The first-order valence-electron chi connectivity index (χ1n) is 5.89. The fraction of sp³-hybridized carbons (Fsp3) is 0.385. The zero-order valence-electron chi connectivity index (χ0n) is 10.5. The van der Waals surface area contributed by atoms with E-state index in [1.54, 1.807) is 18.1 Å². The molecule has 6 heteroatoms. The number of carbonyl (C=O) groups excluding carboxylic acids is 1. The number of nitrogens with zero attached hydrogens (tertiary/aromatic N) is 2. The largest absolute Gasteiger partial charge is 0.380 e. The summed E-state index contributed by atoms with van der Waals surface area (Å²) in [6.07, 6.45) is 4.30. The van der Waals surface area contributed by atoms with Crippen molar-refractivity contribution in [1.82, 2.24) is 9.88 Å². The van der Waals surface area contributed by atoms with E-state index in [2.05, 4.69) is 4.98 Å². The lowest BCUT2D eigenvalue weighted by atomic mass is 10.1. The first-order chi connectivity index (χ1) is 9.11. The van der Waals surface area contributed by atoms with E-state index in [0.29, 0.717) is 30.3 Å². The average molecular weight is 301 g/mol. The zero-order valence-corrected chi connectivity index (χ0v) is 12.0. The van der Waals surface area contributed by atoms with Gasteiger partial charge in [-0.3, -0.25) is 4.79 Å². The van der Waals surface area contributed by atoms with Crippen molar-refractivity contribution in [3.63, 3.8) is 0 Å². The Labute approximate surface area is 122 Å². The summed E-state index contributed by atoms with van der Waals surface area (Å²) < 4.78 is 5.08. The molecule has 1 aromatic heterocycles. The van der Waals surface area contributed by atoms with Gasteiger partial charge >= 0.3 is 0 Å². The second-order valence-corrected chi connectivity index (χ2v) is 5.06. The maximum absolute atomic E-state index is 12.3. The van der Waals surface area contributed by atoms with Crippen molar-refractivity contribution in [2.75, 3.05) is 26.8 Å². The molecule has 1 aromatic rings. The molecule has 0 unspecified atom stereocenters. The predicted molar refractivity (Wildman–Crippen MR) is 74.7 cm³/mol. The van der Waals surface area contributed by atoms with Crippen LogP contribution < -0.4 is 0 Å². The average Bonchev–Trinajstić information content (AvgIpc) is 2.42. The van der Waals surface area contributed by atoms with Crippen molar-refractivity contribution in [3.05, 3.63) is 39.7 Å². The molecule has 0 radical (unpaired) electrons. The topological polar surface area (TPSA) is 42.4 Å². The van der Waals surface area contributed by atoms with Crippen LogP contribution in [-0.2, 0) is 4.74 Å². The van der Waals surface area contributed by atoms with E-state index in [1.165, 1.54) is 11.8 Å². The quantitative estimate of drug-likeness (QED) is 0.637. The molecule has 1 aliphatic heterocycles. The second-order valence-electron chi connectivity index (χ2n) is 4.29. The van der Waals surface area contributed by atoms with E-state index in [4.69, 9.17) is 27.9 Å². The summed E-state index contributed by atoms with van der Waals surface area (Å²) in [6, 6.07) is 1.55. The normalized spacial score (nSPS) is 15.3. The van der Waals surface area contributed by atoms with Crippen LogP contribution in [0.1, 0.15) is 16.8 Å². The van der Waals surface area contributed by atoms with Gasteiger partial charge in [0.15, 0.2) is 0 Å². The molecule has 1 amide bonds. The van der Waals surface area contributed by atoms with Crippen LogP contribution >= 0.6 is 23.2 Å². The molecule has 4 nitrogen and oxygen atoms in total. The van der Waals surface area contributed by atoms with Crippen LogP contribution in [0.25, 0.3) is 0 Å². The van der Waals surface area contributed by atoms with Gasteiger partial charge in [0, 0.05) is 26.4 Å². The van der Waals surface area contributed by atoms with Crippen molar-refractivity contribution in [3.8, 4) is 0 Å². The first kappa shape index (κ1) is 14.3. The van der Waals surface area contributed by atoms with Gasteiger partial charge in [-0.15, -0.1) is 0 Å². The Balaban J connectivity index is 2.07. The molecule has 1 aliphatic rings. The number of carbonyl (C=O) groups is 1. The molecule has 0 atom stereocenters. The summed E-state index contributed by atoms with van der Waals surface area (Å²) >= 11 is 11.6. The van der Waals surface area contributed by atoms with E-state index in [9.17, 15) is 4.79 Å². The molecule has 2 rings (SSSR count). The van der Waals surface area contributed by atoms with Crippen molar-refractivity contribution in [2.24, 2.45) is 0 Å². The summed E-state index contributed by atoms with van der Waals surface area (Å²) in [4.78, 5) is 17.9. The fourth-order valence-corrected chi connectivity index (χ4v) is 2.20. The van der Waals surface area contributed by atoms with Crippen LogP contribution in [0, 0.1) is 0 Å². The Morgan fingerprint density at radius 3 is 2.89 bits per heavy atom. The summed E-state index contributed by atoms with van der Waals surface area (Å²) in [7, 11) is 1.67. The molecule has 0 aliphatic carbocycles. The van der Waals surface area contributed by atoms with Crippen LogP contribution in [0.3, 0.4) is 0 Å². The molecule has 19 heavy (non-hydrogen) atoms. The van der Waals surface area contributed by atoms with Gasteiger partial charge in [0.05, 0.1) is 17.2 Å². The molecule has 2 heterocycles. The molecule has 0 saturated carbocycles. The lowest BCUT2D eigenvalue weighted by molar-refractivity contribution is 0.0764. The number of methoxy groups -OCH3 is 1. The molecule has 0 fully saturated rings. The number of aromatic nitrogens is 1. The van der Waals surface area contributed by atoms with Gasteiger partial charge in [0.1, 0.15) is 5.15 Å². The van der Waals surface area contributed by atoms with Crippen LogP contribution in [0.15, 0.2) is 23.9 Å². The lowest BCUT2D eigenvalue weighted by Gasteiger charge is -2.26. The third-order valence-corrected chi connectivity index (χ3v) is 3.65. The molecule has 0 N–H and O–H groups in total. The van der Waals surface area contributed by atoms with Crippen LogP contribution in [-0.4, -0.2) is 42.6 Å². The molecule has 0 saturated heterocycles. The number of amides is 1. The van der Waals surface area contributed by atoms with Gasteiger partial charge in [0.2, 0.25) is 0 Å². The third kappa shape index (κ3) is 3.47. The second kappa shape index (κ2) is 6.37. The fourth-order valence-electron chi connectivity index (χ4n) is 1.93. The Morgan fingerprint density at radius 1 is 1.53 bits per heavy atom. The van der Waals surface area contributed by atoms with Crippen molar-refractivity contribution in [1.29, 1.82) is 0 Å². The number of halogens is 2. The zero-order chi connectivity index (χ0) is 13.8. The highest BCUT2D eigenvalue weighted by Gasteiger charge is 2.19. The maximum atomic E-state index is 12.3. The van der Waals surface area contributed by atoms with Crippen LogP contribution in [0.2, 0.25) is 10.2 Å². The number of ether oxygens (including phenoxy) is 1. The highest BCUT2D eigenvalue weighted by molar-refractivity contribution is 6.41. The molecule has 0 bridgehead atoms.